The van der Waals surface area contributed by atoms with Crippen molar-refractivity contribution in [3.05, 3.63) is 127 Å². The molecule has 0 aliphatic rings. The molecule has 0 saturated carbocycles. The Hall–Kier alpha value is -4.91. The average molecular weight is 598 g/mol. The average Bonchev–Trinajstić information content (AvgIpc) is 3.51. The van der Waals surface area contributed by atoms with Gasteiger partial charge in [0.2, 0.25) is 0 Å². The van der Waals surface area contributed by atoms with E-state index in [1.54, 1.807) is 13.8 Å². The summed E-state index contributed by atoms with van der Waals surface area (Å²) in [6, 6.07) is 36.6. The number of likely N-dealkylation sites (N-methyl/N-ethyl adjacent to an activating group) is 2. The number of nitrogens with zero attached hydrogens (tertiary/aromatic N) is 1. The molecule has 2 heterocycles. The van der Waals surface area contributed by atoms with Gasteiger partial charge in [-0.15, -0.1) is 0 Å². The maximum Gasteiger partial charge on any atom is 0.147 e. The molecule has 0 fully saturated rings. The van der Waals surface area contributed by atoms with E-state index >= 15 is 0 Å². The van der Waals surface area contributed by atoms with Gasteiger partial charge in [0.1, 0.15) is 22.9 Å². The highest BCUT2D eigenvalue weighted by Crippen LogP contribution is 2.28. The molecule has 0 aliphatic heterocycles. The summed E-state index contributed by atoms with van der Waals surface area (Å²) in [6.07, 6.45) is 3.32. The number of benzene rings is 4. The van der Waals surface area contributed by atoms with Crippen LogP contribution in [0.25, 0.3) is 44.3 Å². The zero-order valence-electron chi connectivity index (χ0n) is 26.2. The summed E-state index contributed by atoms with van der Waals surface area (Å²) in [6.45, 7) is 3.24. The third-order valence-corrected chi connectivity index (χ3v) is 8.10. The van der Waals surface area contributed by atoms with Crippen LogP contribution in [0.1, 0.15) is 25.0 Å². The van der Waals surface area contributed by atoms with Crippen LogP contribution < -0.4 is 10.6 Å². The molecular weight excluding hydrogens is 558 g/mol. The molecule has 2 atom stereocenters. The molecule has 45 heavy (non-hydrogen) atoms. The van der Waals surface area contributed by atoms with Crippen molar-refractivity contribution in [2.45, 2.75) is 38.8 Å². The third kappa shape index (κ3) is 7.98. The predicted molar refractivity (Wildman–Crippen MR) is 183 cm³/mol. The van der Waals surface area contributed by atoms with Crippen molar-refractivity contribution in [3.63, 3.8) is 0 Å². The normalized spacial score (nSPS) is 12.4. The molecule has 0 aliphatic carbocycles. The number of rotatable bonds is 10. The predicted octanol–water partition coefficient (Wildman–Crippen LogP) is 7.44. The first-order valence-electron chi connectivity index (χ1n) is 15.2. The van der Waals surface area contributed by atoms with Crippen LogP contribution in [0.4, 0.5) is 0 Å². The van der Waals surface area contributed by atoms with E-state index in [9.17, 15) is 9.59 Å². The summed E-state index contributed by atoms with van der Waals surface area (Å²) in [5.41, 5.74) is 7.47. The Morgan fingerprint density at radius 3 is 1.73 bits per heavy atom. The van der Waals surface area contributed by atoms with Gasteiger partial charge in [-0.05, 0) is 81.7 Å². The lowest BCUT2D eigenvalue weighted by Gasteiger charge is -2.13. The van der Waals surface area contributed by atoms with Crippen LogP contribution in [-0.2, 0) is 22.4 Å². The molecule has 0 unspecified atom stereocenters. The Bertz CT molecular complexity index is 1860. The van der Waals surface area contributed by atoms with E-state index in [0.29, 0.717) is 12.8 Å². The summed E-state index contributed by atoms with van der Waals surface area (Å²) >= 11 is 0. The Morgan fingerprint density at radius 2 is 1.18 bits per heavy atom. The molecule has 0 amide bonds. The topological polar surface area (TPSA) is 84.2 Å². The zero-order chi connectivity index (χ0) is 31.8. The number of carbonyl (C=O) groups excluding carboxylic acids is 2. The number of hydrogen-bond acceptors (Lipinski definition) is 6. The van der Waals surface area contributed by atoms with Crippen molar-refractivity contribution >= 4 is 33.4 Å². The second-order valence-corrected chi connectivity index (χ2v) is 11.3. The minimum absolute atomic E-state index is 0.122. The maximum absolute atomic E-state index is 11.5. The molecule has 6 rings (SSSR count). The third-order valence-electron chi connectivity index (χ3n) is 8.10. The highest BCUT2D eigenvalue weighted by Gasteiger charge is 2.13. The van der Waals surface area contributed by atoms with E-state index in [1.165, 1.54) is 0 Å². The van der Waals surface area contributed by atoms with Gasteiger partial charge in [0.25, 0.3) is 0 Å². The van der Waals surface area contributed by atoms with E-state index < -0.39 is 0 Å². The molecule has 6 aromatic rings. The van der Waals surface area contributed by atoms with Gasteiger partial charge >= 0.3 is 0 Å². The largest absolute Gasteiger partial charge is 0.456 e. The molecule has 6 nitrogen and oxygen atoms in total. The van der Waals surface area contributed by atoms with Crippen molar-refractivity contribution in [2.75, 3.05) is 14.1 Å². The molecule has 0 spiro atoms. The van der Waals surface area contributed by atoms with Crippen molar-refractivity contribution in [1.82, 2.24) is 15.6 Å². The lowest BCUT2D eigenvalue weighted by Crippen LogP contribution is -2.34. The highest BCUT2D eigenvalue weighted by molar-refractivity contribution is 5.85. The number of fused-ring (bicyclic) bond motifs is 2. The number of para-hydroxylation sites is 2. The van der Waals surface area contributed by atoms with Crippen LogP contribution in [-0.4, -0.2) is 42.7 Å². The fraction of sp³-hybridized carbons (Fsp3) is 0.205. The van der Waals surface area contributed by atoms with Gasteiger partial charge in [-0.1, -0.05) is 84.9 Å². The number of Topliss-reactive ketones (excluding diaryl/α,β-unsaturated/α-hetero) is 2. The molecule has 4 aromatic carbocycles. The van der Waals surface area contributed by atoms with Crippen LogP contribution in [0.3, 0.4) is 0 Å². The van der Waals surface area contributed by atoms with Gasteiger partial charge in [-0.25, -0.2) is 0 Å². The van der Waals surface area contributed by atoms with E-state index in [4.69, 9.17) is 4.42 Å². The molecule has 2 N–H and O–H groups in total. The van der Waals surface area contributed by atoms with Gasteiger partial charge in [0, 0.05) is 28.1 Å². The van der Waals surface area contributed by atoms with Gasteiger partial charge in [-0.3, -0.25) is 14.6 Å². The van der Waals surface area contributed by atoms with Crippen LogP contribution in [0.15, 0.2) is 120 Å². The summed E-state index contributed by atoms with van der Waals surface area (Å²) < 4.78 is 5.87. The first kappa shape index (κ1) is 31.5. The van der Waals surface area contributed by atoms with Crippen molar-refractivity contribution < 1.29 is 14.0 Å². The standard InChI is InChI=1S/C20H20N2O.C19H19NO2/c1-14(23)20(21-2)11-15-7-9-16(10-8-15)18-12-17-5-3-4-6-19(17)22-13-18;1-13(21)17(20-2)11-14-7-9-15(10-8-14)19-12-16-5-3-4-6-18(16)22-19/h3-10,12-13,20-21H,11H2,1-2H3;3-10,12,17,20H,11H2,1-2H3/t20-;17-/m00/s1. The Balaban J connectivity index is 0.000000178. The highest BCUT2D eigenvalue weighted by atomic mass is 16.3. The Labute approximate surface area is 264 Å². The van der Waals surface area contributed by atoms with E-state index in [1.807, 2.05) is 74.9 Å². The number of ketones is 2. The van der Waals surface area contributed by atoms with Crippen LogP contribution in [0.5, 0.6) is 0 Å². The van der Waals surface area contributed by atoms with Gasteiger partial charge in [0.15, 0.2) is 0 Å². The number of pyridine rings is 1. The summed E-state index contributed by atoms with van der Waals surface area (Å²) in [5.74, 6) is 1.18. The van der Waals surface area contributed by atoms with Crippen molar-refractivity contribution in [1.29, 1.82) is 0 Å². The van der Waals surface area contributed by atoms with Gasteiger partial charge < -0.3 is 15.1 Å². The maximum atomic E-state index is 11.5. The van der Waals surface area contributed by atoms with Crippen LogP contribution in [0.2, 0.25) is 0 Å². The lowest BCUT2D eigenvalue weighted by atomic mass is 9.99. The Kier molecular flexibility index (Phi) is 10.3. The summed E-state index contributed by atoms with van der Waals surface area (Å²) in [5, 5.41) is 8.35. The SMILES string of the molecule is CN[C@@H](Cc1ccc(-c2cc3ccccc3o2)cc1)C(C)=O.CN[C@@H](Cc1ccc(-c2cnc3ccccc3c2)cc1)C(C)=O. The monoisotopic (exact) mass is 597 g/mol. The number of nitrogens with one attached hydrogen (secondary N) is 2. The smallest absolute Gasteiger partial charge is 0.147 e. The van der Waals surface area contributed by atoms with Gasteiger partial charge in [-0.2, -0.15) is 0 Å². The summed E-state index contributed by atoms with van der Waals surface area (Å²) in [7, 11) is 3.63. The molecule has 0 bridgehead atoms. The molecule has 0 radical (unpaired) electrons. The number of carbonyl (C=O) groups is 2. The first-order valence-corrected chi connectivity index (χ1v) is 15.2. The molecule has 2 aromatic heterocycles. The fourth-order valence-electron chi connectivity index (χ4n) is 5.36. The first-order chi connectivity index (χ1) is 21.8. The Morgan fingerprint density at radius 1 is 0.644 bits per heavy atom. The quantitative estimate of drug-likeness (QED) is 0.171. The zero-order valence-corrected chi connectivity index (χ0v) is 26.2. The lowest BCUT2D eigenvalue weighted by molar-refractivity contribution is -0.119. The molecule has 0 saturated heterocycles. The second-order valence-electron chi connectivity index (χ2n) is 11.3. The minimum atomic E-state index is -0.128. The molecular formula is C39H39N3O3. The van der Waals surface area contributed by atoms with Gasteiger partial charge in [0.05, 0.1) is 17.6 Å². The summed E-state index contributed by atoms with van der Waals surface area (Å²) in [4.78, 5) is 27.5. The van der Waals surface area contributed by atoms with E-state index in [2.05, 4.69) is 70.2 Å². The minimum Gasteiger partial charge on any atom is -0.456 e. The van der Waals surface area contributed by atoms with Crippen molar-refractivity contribution in [3.8, 4) is 22.5 Å². The molecule has 6 heteroatoms. The fourth-order valence-corrected chi connectivity index (χ4v) is 5.36. The van der Waals surface area contributed by atoms with E-state index in [0.717, 1.165) is 55.4 Å². The van der Waals surface area contributed by atoms with E-state index in [-0.39, 0.29) is 23.7 Å². The van der Waals surface area contributed by atoms with Crippen LogP contribution in [0, 0.1) is 0 Å². The van der Waals surface area contributed by atoms with Crippen molar-refractivity contribution in [2.24, 2.45) is 0 Å². The molecule has 228 valence electrons. The number of aromatic nitrogens is 1. The number of hydrogen-bond donors (Lipinski definition) is 2. The van der Waals surface area contributed by atoms with Crippen LogP contribution >= 0.6 is 0 Å². The number of furan rings is 1. The second kappa shape index (κ2) is 14.7.